The number of para-hydroxylation sites is 1. The number of hydrogen-bond donors (Lipinski definition) is 1. The molecule has 7 nitrogen and oxygen atoms in total. The maximum Gasteiger partial charge on any atom is 0.264 e. The number of nitrogens with zero attached hydrogens (tertiary/aromatic N) is 3. The van der Waals surface area contributed by atoms with E-state index >= 15 is 0 Å². The Morgan fingerprint density at radius 1 is 1.08 bits per heavy atom. The largest absolute Gasteiger partial charge is 0.322 e. The number of benzene rings is 3. The van der Waals surface area contributed by atoms with Crippen LogP contribution in [0, 0.1) is 0 Å². The Morgan fingerprint density at radius 3 is 2.53 bits per heavy atom. The fourth-order valence-corrected chi connectivity index (χ4v) is 6.24. The van der Waals surface area contributed by atoms with Crippen LogP contribution in [0.2, 0.25) is 5.02 Å². The van der Waals surface area contributed by atoms with E-state index in [-0.39, 0.29) is 22.0 Å². The number of sulfonamides is 1. The SMILES string of the molecule is CCN(c1ccccc1)S(=O)(=O)c1ccc(Cl)c(C(=O)Nc2ccc(-c3cn4ccsc4n3)cc2)c1. The summed E-state index contributed by atoms with van der Waals surface area (Å²) in [6.45, 7) is 1.99. The van der Waals surface area contributed by atoms with Gasteiger partial charge in [0, 0.05) is 35.6 Å². The summed E-state index contributed by atoms with van der Waals surface area (Å²) in [5.74, 6) is -0.505. The quantitative estimate of drug-likeness (QED) is 0.269. The third-order valence-corrected chi connectivity index (χ3v) is 8.63. The Kier molecular flexibility index (Phi) is 6.53. The lowest BCUT2D eigenvalue weighted by Gasteiger charge is -2.23. The third-order valence-electron chi connectivity index (χ3n) is 5.63. The highest BCUT2D eigenvalue weighted by Gasteiger charge is 2.25. The number of amides is 1. The van der Waals surface area contributed by atoms with Crippen molar-refractivity contribution in [2.24, 2.45) is 0 Å². The Balaban J connectivity index is 1.38. The van der Waals surface area contributed by atoms with Gasteiger partial charge in [0.05, 0.1) is 26.9 Å². The summed E-state index contributed by atoms with van der Waals surface area (Å²) in [6, 6.07) is 20.2. The van der Waals surface area contributed by atoms with Crippen molar-refractivity contribution < 1.29 is 13.2 Å². The molecule has 10 heteroatoms. The lowest BCUT2D eigenvalue weighted by Crippen LogP contribution is -2.31. The zero-order valence-corrected chi connectivity index (χ0v) is 21.5. The van der Waals surface area contributed by atoms with Gasteiger partial charge >= 0.3 is 0 Å². The molecule has 0 spiro atoms. The van der Waals surface area contributed by atoms with Gasteiger partial charge in [0.1, 0.15) is 0 Å². The molecule has 1 amide bonds. The standard InChI is InChI=1S/C26H21ClN4O3S2/c1-2-31(20-6-4-3-5-7-20)36(33,34)21-12-13-23(27)22(16-21)25(32)28-19-10-8-18(9-11-19)24-17-30-14-15-35-26(30)29-24/h3-17H,2H2,1H3,(H,28,32). The van der Waals surface area contributed by atoms with Crippen LogP contribution < -0.4 is 9.62 Å². The van der Waals surface area contributed by atoms with Gasteiger partial charge in [0.2, 0.25) is 0 Å². The van der Waals surface area contributed by atoms with Crippen LogP contribution in [0.15, 0.2) is 95.5 Å². The van der Waals surface area contributed by atoms with Gasteiger partial charge in [0.25, 0.3) is 15.9 Å². The molecule has 0 aliphatic carbocycles. The van der Waals surface area contributed by atoms with Crippen molar-refractivity contribution in [3.8, 4) is 11.3 Å². The fourth-order valence-electron chi connectivity index (χ4n) is 3.84. The minimum atomic E-state index is -3.91. The lowest BCUT2D eigenvalue weighted by atomic mass is 10.1. The summed E-state index contributed by atoms with van der Waals surface area (Å²) in [4.78, 5) is 18.5. The van der Waals surface area contributed by atoms with E-state index in [1.165, 1.54) is 22.5 Å². The van der Waals surface area contributed by atoms with Crippen LogP contribution >= 0.6 is 22.9 Å². The average Bonchev–Trinajstić information content (AvgIpc) is 3.48. The number of rotatable bonds is 7. The highest BCUT2D eigenvalue weighted by Crippen LogP contribution is 2.28. The summed E-state index contributed by atoms with van der Waals surface area (Å²) in [5, 5.41) is 4.92. The van der Waals surface area contributed by atoms with Gasteiger partial charge < -0.3 is 5.32 Å². The first-order valence-electron chi connectivity index (χ1n) is 11.1. The molecule has 2 heterocycles. The van der Waals surface area contributed by atoms with Gasteiger partial charge in [-0.25, -0.2) is 13.4 Å². The summed E-state index contributed by atoms with van der Waals surface area (Å²) in [5.41, 5.74) is 2.91. The molecule has 2 aromatic heterocycles. The van der Waals surface area contributed by atoms with Crippen molar-refractivity contribution in [1.29, 1.82) is 0 Å². The highest BCUT2D eigenvalue weighted by molar-refractivity contribution is 7.92. The average molecular weight is 537 g/mol. The number of aromatic nitrogens is 2. The molecule has 0 fully saturated rings. The number of fused-ring (bicyclic) bond motifs is 1. The first-order chi connectivity index (χ1) is 17.4. The molecule has 5 aromatic rings. The number of imidazole rings is 1. The van der Waals surface area contributed by atoms with Crippen LogP contribution in [0.3, 0.4) is 0 Å². The molecule has 0 bridgehead atoms. The van der Waals surface area contributed by atoms with E-state index in [9.17, 15) is 13.2 Å². The second kappa shape index (κ2) is 9.77. The Labute approximate surface area is 217 Å². The molecule has 36 heavy (non-hydrogen) atoms. The van der Waals surface area contributed by atoms with Gasteiger partial charge in [-0.1, -0.05) is 41.9 Å². The van der Waals surface area contributed by atoms with Crippen molar-refractivity contribution in [1.82, 2.24) is 9.38 Å². The molecule has 182 valence electrons. The van der Waals surface area contributed by atoms with E-state index in [2.05, 4.69) is 10.3 Å². The Bertz CT molecular complexity index is 1620. The fraction of sp³-hybridized carbons (Fsp3) is 0.0769. The van der Waals surface area contributed by atoms with E-state index in [0.29, 0.717) is 11.4 Å². The number of hydrogen-bond acceptors (Lipinski definition) is 5. The molecule has 0 saturated heterocycles. The van der Waals surface area contributed by atoms with Crippen LogP contribution in [-0.4, -0.2) is 30.3 Å². The minimum Gasteiger partial charge on any atom is -0.322 e. The zero-order valence-electron chi connectivity index (χ0n) is 19.1. The number of carbonyl (C=O) groups is 1. The monoisotopic (exact) mass is 536 g/mol. The first-order valence-corrected chi connectivity index (χ1v) is 13.8. The van der Waals surface area contributed by atoms with Gasteiger partial charge in [-0.2, -0.15) is 0 Å². The molecule has 5 rings (SSSR count). The van der Waals surface area contributed by atoms with Gasteiger partial charge in [0.15, 0.2) is 4.96 Å². The van der Waals surface area contributed by atoms with E-state index in [1.807, 2.05) is 40.4 Å². The summed E-state index contributed by atoms with van der Waals surface area (Å²) in [7, 11) is -3.91. The van der Waals surface area contributed by atoms with Crippen molar-refractivity contribution in [3.63, 3.8) is 0 Å². The van der Waals surface area contributed by atoms with Crippen LogP contribution in [0.25, 0.3) is 16.2 Å². The molecular formula is C26H21ClN4O3S2. The van der Waals surface area contributed by atoms with Crippen molar-refractivity contribution in [2.75, 3.05) is 16.2 Å². The maximum atomic E-state index is 13.4. The van der Waals surface area contributed by atoms with Crippen LogP contribution in [0.5, 0.6) is 0 Å². The zero-order chi connectivity index (χ0) is 25.3. The molecular weight excluding hydrogens is 516 g/mol. The summed E-state index contributed by atoms with van der Waals surface area (Å²) >= 11 is 7.85. The van der Waals surface area contributed by atoms with Crippen molar-refractivity contribution >= 4 is 55.2 Å². The number of anilines is 2. The minimum absolute atomic E-state index is 0.0159. The van der Waals surface area contributed by atoms with E-state index < -0.39 is 15.9 Å². The molecule has 0 aliphatic heterocycles. The van der Waals surface area contributed by atoms with Gasteiger partial charge in [-0.3, -0.25) is 13.5 Å². The van der Waals surface area contributed by atoms with Crippen molar-refractivity contribution in [2.45, 2.75) is 11.8 Å². The predicted octanol–water partition coefficient (Wildman–Crippen LogP) is 6.18. The first kappa shape index (κ1) is 24.1. The topological polar surface area (TPSA) is 83.8 Å². The van der Waals surface area contributed by atoms with Crippen molar-refractivity contribution in [3.05, 3.63) is 101 Å². The van der Waals surface area contributed by atoms with Crippen LogP contribution in [0.4, 0.5) is 11.4 Å². The smallest absolute Gasteiger partial charge is 0.264 e. The number of thiazole rings is 1. The van der Waals surface area contributed by atoms with E-state index in [0.717, 1.165) is 16.2 Å². The third kappa shape index (κ3) is 4.60. The lowest BCUT2D eigenvalue weighted by molar-refractivity contribution is 0.102. The normalized spacial score (nSPS) is 11.5. The molecule has 0 radical (unpaired) electrons. The number of nitrogens with one attached hydrogen (secondary N) is 1. The molecule has 0 saturated carbocycles. The summed E-state index contributed by atoms with van der Waals surface area (Å²) < 4.78 is 30.0. The van der Waals surface area contributed by atoms with Crippen LogP contribution in [0.1, 0.15) is 17.3 Å². The summed E-state index contributed by atoms with van der Waals surface area (Å²) in [6.07, 6.45) is 3.89. The molecule has 0 atom stereocenters. The number of halogens is 1. The molecule has 0 unspecified atom stereocenters. The van der Waals surface area contributed by atoms with Gasteiger partial charge in [-0.15, -0.1) is 11.3 Å². The molecule has 0 aliphatic rings. The van der Waals surface area contributed by atoms with Crippen LogP contribution in [-0.2, 0) is 10.0 Å². The highest BCUT2D eigenvalue weighted by atomic mass is 35.5. The molecule has 1 N–H and O–H groups in total. The van der Waals surface area contributed by atoms with E-state index in [4.69, 9.17) is 11.6 Å². The number of carbonyl (C=O) groups excluding carboxylic acids is 1. The molecule has 3 aromatic carbocycles. The van der Waals surface area contributed by atoms with E-state index in [1.54, 1.807) is 54.7 Å². The second-order valence-electron chi connectivity index (χ2n) is 7.90. The maximum absolute atomic E-state index is 13.4. The predicted molar refractivity (Wildman–Crippen MR) is 145 cm³/mol. The Hall–Kier alpha value is -3.66. The van der Waals surface area contributed by atoms with Gasteiger partial charge in [-0.05, 0) is 49.4 Å². The Morgan fingerprint density at radius 2 is 1.83 bits per heavy atom. The second-order valence-corrected chi connectivity index (χ2v) is 11.0.